The Morgan fingerprint density at radius 3 is 2.86 bits per heavy atom. The molecular weight excluding hydrogens is 178 g/mol. The Balaban J connectivity index is 1.98. The van der Waals surface area contributed by atoms with E-state index >= 15 is 0 Å². The van der Waals surface area contributed by atoms with E-state index < -0.39 is 0 Å². The van der Waals surface area contributed by atoms with Crippen LogP contribution >= 0.6 is 0 Å². The largest absolute Gasteiger partial charge is 0.396 e. The molecule has 2 N–H and O–H groups in total. The summed E-state index contributed by atoms with van der Waals surface area (Å²) in [5, 5.41) is 12.4. The molecule has 84 valence electrons. The summed E-state index contributed by atoms with van der Waals surface area (Å²) >= 11 is 0. The predicted molar refractivity (Wildman–Crippen MR) is 57.3 cm³/mol. The molecule has 1 fully saturated rings. The zero-order valence-corrected chi connectivity index (χ0v) is 9.38. The maximum atomic E-state index is 9.04. The Bertz CT molecular complexity index is 153. The van der Waals surface area contributed by atoms with Crippen molar-refractivity contribution in [1.82, 2.24) is 5.32 Å². The van der Waals surface area contributed by atoms with Gasteiger partial charge in [-0.15, -0.1) is 0 Å². The monoisotopic (exact) mass is 201 g/mol. The molecule has 1 atom stereocenters. The average Bonchev–Trinajstić information content (AvgIpc) is 2.65. The molecule has 0 bridgehead atoms. The maximum Gasteiger partial charge on any atom is 0.0588 e. The molecule has 0 aromatic carbocycles. The molecule has 1 rings (SSSR count). The van der Waals surface area contributed by atoms with Gasteiger partial charge in [-0.1, -0.05) is 13.8 Å². The number of nitrogens with one attached hydrogen (secondary N) is 1. The van der Waals surface area contributed by atoms with Gasteiger partial charge in [0.25, 0.3) is 0 Å². The molecule has 0 saturated carbocycles. The molecule has 1 aliphatic rings. The molecule has 1 saturated heterocycles. The minimum atomic E-state index is -0.00344. The Labute approximate surface area is 86.8 Å². The van der Waals surface area contributed by atoms with Crippen molar-refractivity contribution in [3.63, 3.8) is 0 Å². The summed E-state index contributed by atoms with van der Waals surface area (Å²) in [5.74, 6) is 0. The molecule has 3 heteroatoms. The average molecular weight is 201 g/mol. The minimum absolute atomic E-state index is 0.00344. The van der Waals surface area contributed by atoms with Gasteiger partial charge in [0.1, 0.15) is 0 Å². The highest BCUT2D eigenvalue weighted by molar-refractivity contribution is 4.71. The van der Waals surface area contributed by atoms with E-state index in [0.29, 0.717) is 6.10 Å². The van der Waals surface area contributed by atoms with Crippen LogP contribution in [0.15, 0.2) is 0 Å². The molecule has 0 aromatic rings. The van der Waals surface area contributed by atoms with E-state index in [0.717, 1.165) is 26.1 Å². The highest BCUT2D eigenvalue weighted by Gasteiger charge is 2.17. The number of hydrogen-bond acceptors (Lipinski definition) is 3. The number of aliphatic hydroxyl groups is 1. The molecule has 1 unspecified atom stereocenters. The lowest BCUT2D eigenvalue weighted by molar-refractivity contribution is 0.102. The van der Waals surface area contributed by atoms with E-state index in [9.17, 15) is 0 Å². The van der Waals surface area contributed by atoms with Gasteiger partial charge >= 0.3 is 0 Å². The van der Waals surface area contributed by atoms with Crippen LogP contribution in [0.4, 0.5) is 0 Å². The molecule has 0 amide bonds. The number of rotatable bonds is 6. The second kappa shape index (κ2) is 5.69. The van der Waals surface area contributed by atoms with Gasteiger partial charge in [-0.3, -0.25) is 0 Å². The molecular formula is C11H23NO2. The van der Waals surface area contributed by atoms with Crippen molar-refractivity contribution in [1.29, 1.82) is 0 Å². The third-order valence-corrected chi connectivity index (χ3v) is 2.70. The summed E-state index contributed by atoms with van der Waals surface area (Å²) in [6.07, 6.45) is 4.00. The standard InChI is InChI=1S/C11H23NO2/c1-11(2,9-13)8-12-6-5-10-4-3-7-14-10/h10,12-13H,3-9H2,1-2H3. The fourth-order valence-electron chi connectivity index (χ4n) is 1.62. The fraction of sp³-hybridized carbons (Fsp3) is 1.00. The van der Waals surface area contributed by atoms with Crippen LogP contribution in [0, 0.1) is 5.41 Å². The molecule has 0 aromatic heterocycles. The van der Waals surface area contributed by atoms with Gasteiger partial charge in [-0.25, -0.2) is 0 Å². The van der Waals surface area contributed by atoms with Crippen molar-refractivity contribution < 1.29 is 9.84 Å². The predicted octanol–water partition coefficient (Wildman–Crippen LogP) is 1.16. The maximum absolute atomic E-state index is 9.04. The van der Waals surface area contributed by atoms with Crippen molar-refractivity contribution in [2.45, 2.75) is 39.2 Å². The summed E-state index contributed by atoms with van der Waals surface area (Å²) in [4.78, 5) is 0. The third kappa shape index (κ3) is 4.40. The lowest BCUT2D eigenvalue weighted by atomic mass is 9.95. The SMILES string of the molecule is CC(C)(CO)CNCCC1CCCO1. The molecule has 0 radical (unpaired) electrons. The van der Waals surface area contributed by atoms with Crippen LogP contribution in [0.25, 0.3) is 0 Å². The second-order valence-electron chi connectivity index (χ2n) is 4.92. The van der Waals surface area contributed by atoms with Gasteiger partial charge in [0.2, 0.25) is 0 Å². The Hall–Kier alpha value is -0.120. The fourth-order valence-corrected chi connectivity index (χ4v) is 1.62. The van der Waals surface area contributed by atoms with Crippen molar-refractivity contribution in [3.05, 3.63) is 0 Å². The van der Waals surface area contributed by atoms with Gasteiger partial charge in [-0.05, 0) is 25.8 Å². The zero-order chi connectivity index (χ0) is 10.4. The summed E-state index contributed by atoms with van der Waals surface area (Å²) in [6.45, 7) is 7.16. The van der Waals surface area contributed by atoms with Crippen LogP contribution in [0.1, 0.15) is 33.1 Å². The Kier molecular flexibility index (Phi) is 4.85. The minimum Gasteiger partial charge on any atom is -0.396 e. The summed E-state index contributed by atoms with van der Waals surface area (Å²) in [5.41, 5.74) is -0.00344. The lowest BCUT2D eigenvalue weighted by Crippen LogP contribution is -2.33. The van der Waals surface area contributed by atoms with Crippen LogP contribution in [-0.2, 0) is 4.74 Å². The molecule has 0 spiro atoms. The van der Waals surface area contributed by atoms with E-state index in [1.807, 2.05) is 0 Å². The number of aliphatic hydroxyl groups excluding tert-OH is 1. The van der Waals surface area contributed by atoms with Crippen molar-refractivity contribution in [3.8, 4) is 0 Å². The van der Waals surface area contributed by atoms with E-state index in [4.69, 9.17) is 9.84 Å². The van der Waals surface area contributed by atoms with Gasteiger partial charge < -0.3 is 15.2 Å². The lowest BCUT2D eigenvalue weighted by Gasteiger charge is -2.22. The molecule has 1 heterocycles. The summed E-state index contributed by atoms with van der Waals surface area (Å²) in [7, 11) is 0. The second-order valence-corrected chi connectivity index (χ2v) is 4.92. The van der Waals surface area contributed by atoms with Crippen molar-refractivity contribution in [2.75, 3.05) is 26.3 Å². The summed E-state index contributed by atoms with van der Waals surface area (Å²) in [6, 6.07) is 0. The van der Waals surface area contributed by atoms with Crippen LogP contribution in [0.2, 0.25) is 0 Å². The highest BCUT2D eigenvalue weighted by atomic mass is 16.5. The smallest absolute Gasteiger partial charge is 0.0588 e. The van der Waals surface area contributed by atoms with E-state index in [-0.39, 0.29) is 12.0 Å². The van der Waals surface area contributed by atoms with Gasteiger partial charge in [0.05, 0.1) is 6.10 Å². The molecule has 3 nitrogen and oxygen atoms in total. The van der Waals surface area contributed by atoms with Crippen LogP contribution in [0.3, 0.4) is 0 Å². The first kappa shape index (κ1) is 12.0. The van der Waals surface area contributed by atoms with Gasteiger partial charge in [0, 0.05) is 25.2 Å². The first-order chi connectivity index (χ1) is 6.64. The Morgan fingerprint density at radius 1 is 1.50 bits per heavy atom. The van der Waals surface area contributed by atoms with Crippen LogP contribution in [0.5, 0.6) is 0 Å². The highest BCUT2D eigenvalue weighted by Crippen LogP contribution is 2.15. The van der Waals surface area contributed by atoms with Crippen LogP contribution < -0.4 is 5.32 Å². The normalized spacial score (nSPS) is 22.9. The first-order valence-electron chi connectivity index (χ1n) is 5.57. The van der Waals surface area contributed by atoms with Crippen molar-refractivity contribution >= 4 is 0 Å². The topological polar surface area (TPSA) is 41.5 Å². The van der Waals surface area contributed by atoms with Gasteiger partial charge in [0.15, 0.2) is 0 Å². The number of hydrogen-bond donors (Lipinski definition) is 2. The zero-order valence-electron chi connectivity index (χ0n) is 9.38. The third-order valence-electron chi connectivity index (χ3n) is 2.70. The van der Waals surface area contributed by atoms with E-state index in [2.05, 4.69) is 19.2 Å². The van der Waals surface area contributed by atoms with E-state index in [1.54, 1.807) is 0 Å². The van der Waals surface area contributed by atoms with E-state index in [1.165, 1.54) is 12.8 Å². The quantitative estimate of drug-likeness (QED) is 0.634. The first-order valence-corrected chi connectivity index (χ1v) is 5.57. The molecule has 14 heavy (non-hydrogen) atoms. The van der Waals surface area contributed by atoms with Crippen LogP contribution in [-0.4, -0.2) is 37.5 Å². The van der Waals surface area contributed by atoms with Crippen molar-refractivity contribution in [2.24, 2.45) is 5.41 Å². The molecule has 0 aliphatic carbocycles. The Morgan fingerprint density at radius 2 is 2.29 bits per heavy atom. The summed E-state index contributed by atoms with van der Waals surface area (Å²) < 4.78 is 5.52. The number of ether oxygens (including phenoxy) is 1. The molecule has 1 aliphatic heterocycles. The van der Waals surface area contributed by atoms with Gasteiger partial charge in [-0.2, -0.15) is 0 Å².